The van der Waals surface area contributed by atoms with E-state index in [-0.39, 0.29) is 11.9 Å². The molecule has 0 aromatic heterocycles. The number of carbonyl (C=O) groups is 1. The Labute approximate surface area is 154 Å². The first-order chi connectivity index (χ1) is 12.0. The normalized spacial score (nSPS) is 11.7. The molecule has 0 saturated heterocycles. The summed E-state index contributed by atoms with van der Waals surface area (Å²) in [5.74, 6) is 1.37. The van der Waals surface area contributed by atoms with Crippen molar-refractivity contribution in [2.75, 3.05) is 13.2 Å². The highest BCUT2D eigenvalue weighted by Gasteiger charge is 2.13. The van der Waals surface area contributed by atoms with Gasteiger partial charge in [-0.15, -0.1) is 0 Å². The van der Waals surface area contributed by atoms with Crippen molar-refractivity contribution in [2.24, 2.45) is 0 Å². The Morgan fingerprint density at radius 3 is 2.32 bits per heavy atom. The molecule has 25 heavy (non-hydrogen) atoms. The second-order valence-corrected chi connectivity index (χ2v) is 6.10. The largest absolute Gasteiger partial charge is 0.490 e. The molecule has 2 aromatic rings. The molecule has 0 aliphatic heterocycles. The van der Waals surface area contributed by atoms with Crippen LogP contribution in [0.4, 0.5) is 0 Å². The summed E-state index contributed by atoms with van der Waals surface area (Å²) in [7, 11) is 0. The van der Waals surface area contributed by atoms with Crippen LogP contribution < -0.4 is 14.8 Å². The standard InChI is InChI=1S/C20H24ClNO3/c1-4-24-18-11-8-16(13-19(18)25-5-2)14(3)22-20(23)12-15-6-9-17(21)10-7-15/h6-11,13-14H,4-5,12H2,1-3H3,(H,22,23)/t14-/m0/s1. The van der Waals surface area contributed by atoms with E-state index in [1.165, 1.54) is 0 Å². The average molecular weight is 362 g/mol. The van der Waals surface area contributed by atoms with Crippen LogP contribution in [0, 0.1) is 0 Å². The lowest BCUT2D eigenvalue weighted by molar-refractivity contribution is -0.121. The highest BCUT2D eigenvalue weighted by atomic mass is 35.5. The van der Waals surface area contributed by atoms with Gasteiger partial charge in [0.1, 0.15) is 0 Å². The second kappa shape index (κ2) is 9.33. The molecule has 0 aliphatic rings. The molecule has 2 aromatic carbocycles. The number of carbonyl (C=O) groups excluding carboxylic acids is 1. The Morgan fingerprint density at radius 2 is 1.68 bits per heavy atom. The van der Waals surface area contributed by atoms with E-state index in [9.17, 15) is 4.79 Å². The summed E-state index contributed by atoms with van der Waals surface area (Å²) in [6, 6.07) is 12.9. The molecule has 0 unspecified atom stereocenters. The zero-order valence-electron chi connectivity index (χ0n) is 14.8. The van der Waals surface area contributed by atoms with Crippen molar-refractivity contribution >= 4 is 17.5 Å². The van der Waals surface area contributed by atoms with E-state index < -0.39 is 0 Å². The number of rotatable bonds is 8. The second-order valence-electron chi connectivity index (χ2n) is 5.66. The fraction of sp³-hybridized carbons (Fsp3) is 0.350. The Kier molecular flexibility index (Phi) is 7.14. The maximum atomic E-state index is 12.3. The van der Waals surface area contributed by atoms with Crippen LogP contribution in [-0.4, -0.2) is 19.1 Å². The van der Waals surface area contributed by atoms with Gasteiger partial charge in [0.05, 0.1) is 25.7 Å². The predicted molar refractivity (Wildman–Crippen MR) is 100 cm³/mol. The molecule has 134 valence electrons. The topological polar surface area (TPSA) is 47.6 Å². The fourth-order valence-electron chi connectivity index (χ4n) is 2.50. The van der Waals surface area contributed by atoms with Crippen LogP contribution in [0.5, 0.6) is 11.5 Å². The third-order valence-electron chi connectivity index (χ3n) is 3.72. The molecule has 0 heterocycles. The monoisotopic (exact) mass is 361 g/mol. The highest BCUT2D eigenvalue weighted by molar-refractivity contribution is 6.30. The molecule has 0 bridgehead atoms. The van der Waals surface area contributed by atoms with Crippen molar-refractivity contribution in [3.63, 3.8) is 0 Å². The summed E-state index contributed by atoms with van der Waals surface area (Å²) >= 11 is 5.87. The van der Waals surface area contributed by atoms with E-state index in [1.54, 1.807) is 12.1 Å². The van der Waals surface area contributed by atoms with E-state index in [4.69, 9.17) is 21.1 Å². The first kappa shape index (κ1) is 19.1. The number of hydrogen-bond donors (Lipinski definition) is 1. The fourth-order valence-corrected chi connectivity index (χ4v) is 2.63. The molecule has 2 rings (SSSR count). The molecule has 4 nitrogen and oxygen atoms in total. The predicted octanol–water partition coefficient (Wildman–Crippen LogP) is 4.56. The first-order valence-electron chi connectivity index (χ1n) is 8.46. The van der Waals surface area contributed by atoms with Crippen LogP contribution in [-0.2, 0) is 11.2 Å². The van der Waals surface area contributed by atoms with Gasteiger partial charge in [0.25, 0.3) is 0 Å². The molecule has 0 saturated carbocycles. The summed E-state index contributed by atoms with van der Waals surface area (Å²) in [6.07, 6.45) is 0.316. The third-order valence-corrected chi connectivity index (χ3v) is 3.97. The van der Waals surface area contributed by atoms with Crippen LogP contribution in [0.3, 0.4) is 0 Å². The van der Waals surface area contributed by atoms with Crippen molar-refractivity contribution in [2.45, 2.75) is 33.2 Å². The minimum absolute atomic E-state index is 0.0401. The van der Waals surface area contributed by atoms with Crippen LogP contribution >= 0.6 is 11.6 Å². The van der Waals surface area contributed by atoms with E-state index in [0.717, 1.165) is 11.1 Å². The lowest BCUT2D eigenvalue weighted by Gasteiger charge is -2.17. The highest BCUT2D eigenvalue weighted by Crippen LogP contribution is 2.30. The molecular weight excluding hydrogens is 338 g/mol. The summed E-state index contributed by atoms with van der Waals surface area (Å²) in [5.41, 5.74) is 1.90. The Hall–Kier alpha value is -2.20. The van der Waals surface area contributed by atoms with Crippen molar-refractivity contribution in [3.05, 3.63) is 58.6 Å². The van der Waals surface area contributed by atoms with Gasteiger partial charge in [0.15, 0.2) is 11.5 Å². The maximum Gasteiger partial charge on any atom is 0.224 e. The maximum absolute atomic E-state index is 12.3. The van der Waals surface area contributed by atoms with Gasteiger partial charge in [0, 0.05) is 5.02 Å². The summed E-state index contributed by atoms with van der Waals surface area (Å²) < 4.78 is 11.2. The molecule has 0 aliphatic carbocycles. The number of benzene rings is 2. The van der Waals surface area contributed by atoms with E-state index in [1.807, 2.05) is 51.1 Å². The number of halogens is 1. The van der Waals surface area contributed by atoms with Crippen LogP contribution in [0.1, 0.15) is 37.9 Å². The lowest BCUT2D eigenvalue weighted by Crippen LogP contribution is -2.28. The molecular formula is C20H24ClNO3. The van der Waals surface area contributed by atoms with Gasteiger partial charge in [-0.3, -0.25) is 4.79 Å². The SMILES string of the molecule is CCOc1ccc([C@H](C)NC(=O)Cc2ccc(Cl)cc2)cc1OCC. The smallest absolute Gasteiger partial charge is 0.224 e. The molecule has 0 spiro atoms. The van der Waals surface area contributed by atoms with Gasteiger partial charge in [-0.05, 0) is 56.2 Å². The minimum atomic E-state index is -0.130. The van der Waals surface area contributed by atoms with Gasteiger partial charge in [-0.25, -0.2) is 0 Å². The van der Waals surface area contributed by atoms with E-state index in [0.29, 0.717) is 36.2 Å². The minimum Gasteiger partial charge on any atom is -0.490 e. The summed E-state index contributed by atoms with van der Waals surface area (Å²) in [4.78, 5) is 12.3. The molecule has 0 fully saturated rings. The Bertz CT molecular complexity index is 701. The zero-order chi connectivity index (χ0) is 18.2. The van der Waals surface area contributed by atoms with Crippen LogP contribution in [0.15, 0.2) is 42.5 Å². The molecule has 5 heteroatoms. The van der Waals surface area contributed by atoms with Crippen molar-refractivity contribution in [3.8, 4) is 11.5 Å². The van der Waals surface area contributed by atoms with Gasteiger partial charge in [-0.2, -0.15) is 0 Å². The van der Waals surface area contributed by atoms with Gasteiger partial charge >= 0.3 is 0 Å². The van der Waals surface area contributed by atoms with Gasteiger partial charge in [0.2, 0.25) is 5.91 Å². The summed E-state index contributed by atoms with van der Waals surface area (Å²) in [5, 5.41) is 3.67. The number of ether oxygens (including phenoxy) is 2. The Balaban J connectivity index is 2.03. The molecule has 1 atom stereocenters. The number of nitrogens with one attached hydrogen (secondary N) is 1. The van der Waals surface area contributed by atoms with Gasteiger partial charge in [-0.1, -0.05) is 29.8 Å². The molecule has 1 amide bonds. The first-order valence-corrected chi connectivity index (χ1v) is 8.84. The average Bonchev–Trinajstić information content (AvgIpc) is 2.59. The third kappa shape index (κ3) is 5.68. The number of amides is 1. The Morgan fingerprint density at radius 1 is 1.04 bits per heavy atom. The van der Waals surface area contributed by atoms with Crippen molar-refractivity contribution < 1.29 is 14.3 Å². The molecule has 0 radical (unpaired) electrons. The van der Waals surface area contributed by atoms with E-state index >= 15 is 0 Å². The van der Waals surface area contributed by atoms with Gasteiger partial charge < -0.3 is 14.8 Å². The number of hydrogen-bond acceptors (Lipinski definition) is 3. The molecule has 1 N–H and O–H groups in total. The van der Waals surface area contributed by atoms with Crippen molar-refractivity contribution in [1.82, 2.24) is 5.32 Å². The van der Waals surface area contributed by atoms with Crippen LogP contribution in [0.2, 0.25) is 5.02 Å². The quantitative estimate of drug-likeness (QED) is 0.749. The van der Waals surface area contributed by atoms with Crippen LogP contribution in [0.25, 0.3) is 0 Å². The summed E-state index contributed by atoms with van der Waals surface area (Å²) in [6.45, 7) is 6.95. The lowest BCUT2D eigenvalue weighted by atomic mass is 10.1. The van der Waals surface area contributed by atoms with Crippen molar-refractivity contribution in [1.29, 1.82) is 0 Å². The van der Waals surface area contributed by atoms with E-state index in [2.05, 4.69) is 5.32 Å². The zero-order valence-corrected chi connectivity index (χ0v) is 15.6.